The van der Waals surface area contributed by atoms with Crippen LogP contribution in [-0.4, -0.2) is 47.5 Å². The number of halogens is 2. The van der Waals surface area contributed by atoms with E-state index in [4.69, 9.17) is 43.8 Å². The van der Waals surface area contributed by atoms with Gasteiger partial charge in [-0.15, -0.1) is 0 Å². The molecule has 0 spiro atoms. The molecular weight excluding hydrogens is 525 g/mol. The molecule has 0 saturated heterocycles. The molecule has 0 aliphatic carbocycles. The SMILES string of the molecule is N#CNC(N)=NCCCC(=O)Cc1ccc(C[C@H](NC(=O)c2c(Cl)cccc2Cl)C(=O)O)cc1.O=C=O. The second-order valence-electron chi connectivity index (χ2n) is 7.39. The van der Waals surface area contributed by atoms with Crippen LogP contribution in [0.15, 0.2) is 47.5 Å². The van der Waals surface area contributed by atoms with Crippen molar-refractivity contribution in [1.82, 2.24) is 10.6 Å². The van der Waals surface area contributed by atoms with E-state index >= 15 is 0 Å². The second kappa shape index (κ2) is 16.4. The molecule has 1 amide bonds. The van der Waals surface area contributed by atoms with Crippen LogP contribution >= 0.6 is 23.2 Å². The predicted octanol–water partition coefficient (Wildman–Crippen LogP) is 2.11. The molecule has 2 rings (SSSR count). The number of carbonyl (C=O) groups is 3. The third-order valence-electron chi connectivity index (χ3n) is 4.74. The van der Waals surface area contributed by atoms with E-state index in [9.17, 15) is 19.5 Å². The van der Waals surface area contributed by atoms with Crippen molar-refractivity contribution in [3.63, 3.8) is 0 Å². The Bertz CT molecular complexity index is 1180. The summed E-state index contributed by atoms with van der Waals surface area (Å²) >= 11 is 12.1. The van der Waals surface area contributed by atoms with Gasteiger partial charge in [0.2, 0.25) is 5.96 Å². The van der Waals surface area contributed by atoms with E-state index in [0.717, 1.165) is 5.56 Å². The first-order chi connectivity index (χ1) is 17.6. The highest BCUT2D eigenvalue weighted by Gasteiger charge is 2.23. The molecule has 0 aromatic heterocycles. The first-order valence-electron chi connectivity index (χ1n) is 10.6. The maximum absolute atomic E-state index is 12.5. The molecular formula is C24H23Cl2N5O6. The summed E-state index contributed by atoms with van der Waals surface area (Å²) in [7, 11) is 0. The number of benzene rings is 2. The number of nitriles is 1. The summed E-state index contributed by atoms with van der Waals surface area (Å²) in [5.74, 6) is -1.86. The van der Waals surface area contributed by atoms with Crippen LogP contribution in [0, 0.1) is 11.5 Å². The van der Waals surface area contributed by atoms with Gasteiger partial charge < -0.3 is 16.2 Å². The third kappa shape index (κ3) is 11.4. The number of carboxylic acid groups (broad SMARTS) is 1. The van der Waals surface area contributed by atoms with Crippen molar-refractivity contribution in [2.24, 2.45) is 10.7 Å². The first-order valence-corrected chi connectivity index (χ1v) is 11.4. The van der Waals surface area contributed by atoms with E-state index < -0.39 is 17.9 Å². The standard InChI is InChI=1S/C23H23Cl2N5O4.CO2/c24-17-4-1-5-18(25)20(17)21(32)30-19(22(33)34)12-15-8-6-14(7-9-15)11-16(31)3-2-10-28-23(27)29-13-26;2-1-3/h1,4-9,19H,2-3,10-12H2,(H,30,32)(H,33,34)(H3,27,28,29);/t19-;/m0./s1. The molecule has 0 saturated carbocycles. The van der Waals surface area contributed by atoms with Gasteiger partial charge in [-0.2, -0.15) is 14.9 Å². The van der Waals surface area contributed by atoms with E-state index in [1.807, 2.05) is 0 Å². The maximum atomic E-state index is 12.5. The Balaban J connectivity index is 0.00000217. The number of aliphatic carboxylic acids is 1. The number of rotatable bonds is 11. The molecule has 194 valence electrons. The number of nitrogens with two attached hydrogens (primary N) is 1. The number of hydrogen-bond donors (Lipinski definition) is 4. The Hall–Kier alpha value is -4.23. The van der Waals surface area contributed by atoms with Gasteiger partial charge in [-0.3, -0.25) is 19.9 Å². The van der Waals surface area contributed by atoms with Crippen LogP contribution in [0.5, 0.6) is 0 Å². The fourth-order valence-corrected chi connectivity index (χ4v) is 3.63. The highest BCUT2D eigenvalue weighted by atomic mass is 35.5. The topological polar surface area (TPSA) is 192 Å². The Morgan fingerprint density at radius 3 is 2.16 bits per heavy atom. The lowest BCUT2D eigenvalue weighted by Gasteiger charge is -2.16. The maximum Gasteiger partial charge on any atom is 0.373 e. The molecule has 2 aromatic carbocycles. The lowest BCUT2D eigenvalue weighted by Crippen LogP contribution is -2.42. The third-order valence-corrected chi connectivity index (χ3v) is 5.37. The molecule has 0 aliphatic heterocycles. The van der Waals surface area contributed by atoms with Crippen molar-refractivity contribution in [2.75, 3.05) is 6.54 Å². The van der Waals surface area contributed by atoms with Gasteiger partial charge in [0, 0.05) is 25.8 Å². The number of carboxylic acids is 1. The number of amides is 1. The average Bonchev–Trinajstić information content (AvgIpc) is 2.83. The Kier molecular flexibility index (Phi) is 13.7. The highest BCUT2D eigenvalue weighted by Crippen LogP contribution is 2.24. The van der Waals surface area contributed by atoms with Gasteiger partial charge in [-0.1, -0.05) is 53.5 Å². The fourth-order valence-electron chi connectivity index (χ4n) is 3.06. The summed E-state index contributed by atoms with van der Waals surface area (Å²) in [4.78, 5) is 56.5. The quantitative estimate of drug-likeness (QED) is 0.107. The van der Waals surface area contributed by atoms with Crippen molar-refractivity contribution in [2.45, 2.75) is 31.7 Å². The van der Waals surface area contributed by atoms with Crippen molar-refractivity contribution < 1.29 is 29.1 Å². The van der Waals surface area contributed by atoms with Gasteiger partial charge in [-0.25, -0.2) is 4.79 Å². The largest absolute Gasteiger partial charge is 0.480 e. The predicted molar refractivity (Wildman–Crippen MR) is 134 cm³/mol. The zero-order valence-corrected chi connectivity index (χ0v) is 20.9. The molecule has 0 aliphatic rings. The Morgan fingerprint density at radius 1 is 1.05 bits per heavy atom. The van der Waals surface area contributed by atoms with Gasteiger partial charge in [0.1, 0.15) is 11.8 Å². The van der Waals surface area contributed by atoms with E-state index in [2.05, 4.69) is 15.6 Å². The number of carbonyl (C=O) groups excluding carboxylic acids is 4. The summed E-state index contributed by atoms with van der Waals surface area (Å²) in [5, 5.41) is 22.9. The van der Waals surface area contributed by atoms with Crippen molar-refractivity contribution >= 4 is 53.0 Å². The van der Waals surface area contributed by atoms with Crippen LogP contribution < -0.4 is 16.4 Å². The number of guanidine groups is 1. The summed E-state index contributed by atoms with van der Waals surface area (Å²) in [6, 6.07) is 10.3. The summed E-state index contributed by atoms with van der Waals surface area (Å²) in [6.07, 6.45) is 2.97. The zero-order chi connectivity index (χ0) is 27.8. The normalized spacial score (nSPS) is 11.1. The van der Waals surface area contributed by atoms with Crippen LogP contribution in [0.4, 0.5) is 0 Å². The van der Waals surface area contributed by atoms with Gasteiger partial charge in [0.25, 0.3) is 5.91 Å². The second-order valence-corrected chi connectivity index (χ2v) is 8.20. The van der Waals surface area contributed by atoms with Crippen LogP contribution in [0.3, 0.4) is 0 Å². The van der Waals surface area contributed by atoms with Gasteiger partial charge in [0.05, 0.1) is 15.6 Å². The highest BCUT2D eigenvalue weighted by molar-refractivity contribution is 6.39. The number of nitrogens with one attached hydrogen (secondary N) is 2. The number of aliphatic imine (C=N–C) groups is 1. The van der Waals surface area contributed by atoms with E-state index in [0.29, 0.717) is 24.9 Å². The average molecular weight is 548 g/mol. The number of ketones is 1. The smallest absolute Gasteiger partial charge is 0.373 e. The molecule has 37 heavy (non-hydrogen) atoms. The van der Waals surface area contributed by atoms with Crippen LogP contribution in [0.2, 0.25) is 10.0 Å². The number of hydrogen-bond acceptors (Lipinski definition) is 7. The molecule has 13 heteroatoms. The lowest BCUT2D eigenvalue weighted by atomic mass is 10.0. The zero-order valence-electron chi connectivity index (χ0n) is 19.4. The van der Waals surface area contributed by atoms with Gasteiger partial charge in [-0.05, 0) is 29.7 Å². The fraction of sp³-hybridized carbons (Fsp3) is 0.250. The lowest BCUT2D eigenvalue weighted by molar-refractivity contribution is -0.191. The minimum atomic E-state index is -1.20. The molecule has 0 bridgehead atoms. The van der Waals surface area contributed by atoms with Crippen LogP contribution in [0.25, 0.3) is 0 Å². The molecule has 2 aromatic rings. The van der Waals surface area contributed by atoms with Gasteiger partial charge >= 0.3 is 12.1 Å². The molecule has 11 nitrogen and oxygen atoms in total. The minimum absolute atomic E-state index is 0.0105. The molecule has 0 fully saturated rings. The number of Topliss-reactive ketones (excluding diaryl/α,β-unsaturated/α-hetero) is 1. The van der Waals surface area contributed by atoms with Crippen molar-refractivity contribution in [3.8, 4) is 6.19 Å². The molecule has 5 N–H and O–H groups in total. The summed E-state index contributed by atoms with van der Waals surface area (Å²) in [5.41, 5.74) is 6.89. The van der Waals surface area contributed by atoms with Crippen LogP contribution in [0.1, 0.15) is 34.3 Å². The summed E-state index contributed by atoms with van der Waals surface area (Å²) < 4.78 is 0. The molecule has 0 unspecified atom stereocenters. The number of nitrogens with zero attached hydrogens (tertiary/aromatic N) is 2. The van der Waals surface area contributed by atoms with Crippen molar-refractivity contribution in [1.29, 1.82) is 5.26 Å². The Labute approximate surface area is 222 Å². The van der Waals surface area contributed by atoms with E-state index in [1.54, 1.807) is 36.5 Å². The van der Waals surface area contributed by atoms with Gasteiger partial charge in [0.15, 0.2) is 6.19 Å². The summed E-state index contributed by atoms with van der Waals surface area (Å²) in [6.45, 7) is 0.326. The molecule has 1 atom stereocenters. The van der Waals surface area contributed by atoms with E-state index in [1.165, 1.54) is 12.1 Å². The Morgan fingerprint density at radius 2 is 1.62 bits per heavy atom. The monoisotopic (exact) mass is 547 g/mol. The van der Waals surface area contributed by atoms with Crippen molar-refractivity contribution in [3.05, 3.63) is 69.2 Å². The van der Waals surface area contributed by atoms with Crippen LogP contribution in [-0.2, 0) is 32.0 Å². The molecule has 0 heterocycles. The minimum Gasteiger partial charge on any atom is -0.480 e. The van der Waals surface area contributed by atoms with E-state index in [-0.39, 0.29) is 46.3 Å². The molecule has 0 radical (unpaired) electrons. The first kappa shape index (κ1) is 30.8.